The molecule has 0 unspecified atom stereocenters. The summed E-state index contributed by atoms with van der Waals surface area (Å²) in [4.78, 5) is 10.9. The van der Waals surface area contributed by atoms with E-state index < -0.39 is 0 Å². The van der Waals surface area contributed by atoms with Gasteiger partial charge in [0.05, 0.1) is 0 Å². The molecule has 0 aliphatic carbocycles. The summed E-state index contributed by atoms with van der Waals surface area (Å²) in [7, 11) is 0. The molecule has 0 saturated carbocycles. The third kappa shape index (κ3) is 3.47. The molecule has 4 nitrogen and oxygen atoms in total. The highest BCUT2D eigenvalue weighted by Crippen LogP contribution is 2.18. The van der Waals surface area contributed by atoms with Crippen molar-refractivity contribution >= 4 is 11.5 Å². The first-order valence-corrected chi connectivity index (χ1v) is 7.02. The normalized spacial score (nSPS) is 10.8. The van der Waals surface area contributed by atoms with E-state index >= 15 is 0 Å². The van der Waals surface area contributed by atoms with Gasteiger partial charge in [0.15, 0.2) is 0 Å². The molecule has 0 aliphatic heterocycles. The van der Waals surface area contributed by atoms with Crippen molar-refractivity contribution in [3.63, 3.8) is 0 Å². The van der Waals surface area contributed by atoms with Gasteiger partial charge >= 0.3 is 0 Å². The second-order valence-corrected chi connectivity index (χ2v) is 5.18. The minimum atomic E-state index is 0.368. The summed E-state index contributed by atoms with van der Waals surface area (Å²) in [6, 6.07) is 10.4. The number of nitrogens with two attached hydrogens (primary N) is 1. The molecule has 0 saturated heterocycles. The predicted molar refractivity (Wildman–Crippen MR) is 83.6 cm³/mol. The van der Waals surface area contributed by atoms with E-state index in [4.69, 9.17) is 5.73 Å². The van der Waals surface area contributed by atoms with Crippen LogP contribution in [0.15, 0.2) is 36.7 Å². The molecule has 1 heterocycles. The van der Waals surface area contributed by atoms with Gasteiger partial charge in [-0.1, -0.05) is 19.1 Å². The van der Waals surface area contributed by atoms with Crippen LogP contribution in [0, 0.1) is 0 Å². The van der Waals surface area contributed by atoms with Crippen LogP contribution in [0.4, 0.5) is 11.5 Å². The number of anilines is 2. The molecule has 0 atom stereocenters. The van der Waals surface area contributed by atoms with Gasteiger partial charge in [-0.3, -0.25) is 0 Å². The fourth-order valence-electron chi connectivity index (χ4n) is 2.08. The number of hydrogen-bond acceptors (Lipinski definition) is 4. The maximum absolute atomic E-state index is 5.73. The van der Waals surface area contributed by atoms with Gasteiger partial charge in [-0.25, -0.2) is 9.97 Å². The number of aromatic nitrogens is 2. The highest BCUT2D eigenvalue weighted by atomic mass is 15.2. The molecular formula is C16H22N4. The zero-order valence-corrected chi connectivity index (χ0v) is 12.4. The number of nitrogen functional groups attached to an aromatic ring is 1. The maximum atomic E-state index is 5.73. The van der Waals surface area contributed by atoms with Gasteiger partial charge in [-0.15, -0.1) is 0 Å². The van der Waals surface area contributed by atoms with Crippen LogP contribution in [0.2, 0.25) is 0 Å². The summed E-state index contributed by atoms with van der Waals surface area (Å²) in [5, 5.41) is 0. The fraction of sp³-hybridized carbons (Fsp3) is 0.375. The van der Waals surface area contributed by atoms with Crippen LogP contribution in [-0.4, -0.2) is 16.0 Å². The van der Waals surface area contributed by atoms with Crippen LogP contribution >= 0.6 is 0 Å². The van der Waals surface area contributed by atoms with E-state index in [9.17, 15) is 0 Å². The molecule has 2 N–H and O–H groups in total. The molecular weight excluding hydrogens is 248 g/mol. The molecule has 1 aromatic heterocycles. The van der Waals surface area contributed by atoms with E-state index in [2.05, 4.69) is 53.8 Å². The first-order valence-electron chi connectivity index (χ1n) is 7.02. The summed E-state index contributed by atoms with van der Waals surface area (Å²) in [6.07, 6.45) is 2.57. The smallest absolute Gasteiger partial charge is 0.132 e. The zero-order valence-electron chi connectivity index (χ0n) is 12.4. The summed E-state index contributed by atoms with van der Waals surface area (Å²) < 4.78 is 0. The monoisotopic (exact) mass is 270 g/mol. The van der Waals surface area contributed by atoms with E-state index in [1.807, 2.05) is 12.1 Å². The van der Waals surface area contributed by atoms with E-state index in [1.54, 1.807) is 6.33 Å². The molecule has 0 radical (unpaired) electrons. The van der Waals surface area contributed by atoms with Crippen molar-refractivity contribution < 1.29 is 0 Å². The number of rotatable bonds is 5. The molecule has 106 valence electrons. The second-order valence-electron chi connectivity index (χ2n) is 5.18. The highest BCUT2D eigenvalue weighted by Gasteiger charge is 2.13. The maximum Gasteiger partial charge on any atom is 0.132 e. The SMILES string of the molecule is CCc1cc(N(Cc2ccc(N)cc2)C(C)C)ncn1. The molecule has 1 aromatic carbocycles. The minimum absolute atomic E-state index is 0.368. The molecule has 2 aromatic rings. The third-order valence-electron chi connectivity index (χ3n) is 3.32. The van der Waals surface area contributed by atoms with Gasteiger partial charge < -0.3 is 10.6 Å². The molecule has 0 fully saturated rings. The number of aryl methyl sites for hydroxylation is 1. The largest absolute Gasteiger partial charge is 0.399 e. The van der Waals surface area contributed by atoms with Crippen LogP contribution in [0.3, 0.4) is 0 Å². The Kier molecular flexibility index (Phi) is 4.56. The quantitative estimate of drug-likeness (QED) is 0.848. The van der Waals surface area contributed by atoms with Crippen LogP contribution in [-0.2, 0) is 13.0 Å². The molecule has 0 amide bonds. The molecule has 0 bridgehead atoms. The molecule has 0 spiro atoms. The number of benzene rings is 1. The van der Waals surface area contributed by atoms with Gasteiger partial charge in [0, 0.05) is 30.0 Å². The lowest BCUT2D eigenvalue weighted by Crippen LogP contribution is -2.31. The summed E-state index contributed by atoms with van der Waals surface area (Å²) in [5.74, 6) is 0.976. The standard InChI is InChI=1S/C16H22N4/c1-4-15-9-16(19-11-18-15)20(12(2)3)10-13-5-7-14(17)8-6-13/h5-9,11-12H,4,10,17H2,1-3H3. The third-order valence-corrected chi connectivity index (χ3v) is 3.32. The Hall–Kier alpha value is -2.10. The first-order chi connectivity index (χ1) is 9.60. The van der Waals surface area contributed by atoms with Crippen molar-refractivity contribution in [2.24, 2.45) is 0 Å². The highest BCUT2D eigenvalue weighted by molar-refractivity contribution is 5.44. The minimum Gasteiger partial charge on any atom is -0.399 e. The Balaban J connectivity index is 2.24. The number of hydrogen-bond donors (Lipinski definition) is 1. The Bertz CT molecular complexity index is 549. The lowest BCUT2D eigenvalue weighted by molar-refractivity contribution is 0.670. The second kappa shape index (κ2) is 6.37. The Labute approximate surface area is 120 Å². The van der Waals surface area contributed by atoms with Crippen molar-refractivity contribution in [3.8, 4) is 0 Å². The van der Waals surface area contributed by atoms with Crippen molar-refractivity contribution in [2.75, 3.05) is 10.6 Å². The van der Waals surface area contributed by atoms with Crippen molar-refractivity contribution in [2.45, 2.75) is 39.8 Å². The summed E-state index contributed by atoms with van der Waals surface area (Å²) >= 11 is 0. The Morgan fingerprint density at radius 1 is 1.15 bits per heavy atom. The van der Waals surface area contributed by atoms with Crippen molar-refractivity contribution in [3.05, 3.63) is 47.9 Å². The number of nitrogens with zero attached hydrogens (tertiary/aromatic N) is 3. The van der Waals surface area contributed by atoms with E-state index in [0.717, 1.165) is 30.2 Å². The van der Waals surface area contributed by atoms with E-state index in [0.29, 0.717) is 6.04 Å². The fourth-order valence-corrected chi connectivity index (χ4v) is 2.08. The summed E-state index contributed by atoms with van der Waals surface area (Å²) in [5.41, 5.74) is 8.82. The van der Waals surface area contributed by atoms with Gasteiger partial charge in [-0.2, -0.15) is 0 Å². The van der Waals surface area contributed by atoms with Crippen LogP contribution < -0.4 is 10.6 Å². The van der Waals surface area contributed by atoms with Gasteiger partial charge in [-0.05, 0) is 38.0 Å². The lowest BCUT2D eigenvalue weighted by Gasteiger charge is -2.28. The summed E-state index contributed by atoms with van der Waals surface area (Å²) in [6.45, 7) is 7.26. The molecule has 2 rings (SSSR count). The van der Waals surface area contributed by atoms with Crippen LogP contribution in [0.5, 0.6) is 0 Å². The Morgan fingerprint density at radius 2 is 1.85 bits per heavy atom. The van der Waals surface area contributed by atoms with Gasteiger partial charge in [0.1, 0.15) is 12.1 Å². The van der Waals surface area contributed by atoms with Gasteiger partial charge in [0.25, 0.3) is 0 Å². The average Bonchev–Trinajstić information content (AvgIpc) is 2.46. The topological polar surface area (TPSA) is 55.0 Å². The van der Waals surface area contributed by atoms with Crippen molar-refractivity contribution in [1.82, 2.24) is 9.97 Å². The van der Waals surface area contributed by atoms with Crippen molar-refractivity contribution in [1.29, 1.82) is 0 Å². The lowest BCUT2D eigenvalue weighted by atomic mass is 10.1. The first kappa shape index (κ1) is 14.3. The molecule has 20 heavy (non-hydrogen) atoms. The predicted octanol–water partition coefficient (Wildman–Crippen LogP) is 3.04. The molecule has 4 heteroatoms. The average molecular weight is 270 g/mol. The molecule has 0 aliphatic rings. The van der Waals surface area contributed by atoms with E-state index in [-0.39, 0.29) is 0 Å². The zero-order chi connectivity index (χ0) is 14.5. The Morgan fingerprint density at radius 3 is 2.45 bits per heavy atom. The van der Waals surface area contributed by atoms with E-state index in [1.165, 1.54) is 5.56 Å². The van der Waals surface area contributed by atoms with Gasteiger partial charge in [0.2, 0.25) is 0 Å². The van der Waals surface area contributed by atoms with Crippen LogP contribution in [0.25, 0.3) is 0 Å². The van der Waals surface area contributed by atoms with Crippen LogP contribution in [0.1, 0.15) is 32.0 Å².